The third-order valence-electron chi connectivity index (χ3n) is 1.37. The van der Waals surface area contributed by atoms with Crippen LogP contribution in [0.25, 0.3) is 10.7 Å². The van der Waals surface area contributed by atoms with Crippen LogP contribution in [0.5, 0.6) is 0 Å². The average Bonchev–Trinajstić information content (AvgIpc) is 2.53. The molecule has 2 heterocycles. The molecule has 66 valence electrons. The first kappa shape index (κ1) is 8.58. The fourth-order valence-electron chi connectivity index (χ4n) is 0.821. The highest BCUT2D eigenvalue weighted by Gasteiger charge is 2.04. The summed E-state index contributed by atoms with van der Waals surface area (Å²) in [5.41, 5.74) is 6.15. The highest BCUT2D eigenvalue weighted by molar-refractivity contribution is 9.11. The van der Waals surface area contributed by atoms with Crippen LogP contribution in [-0.2, 0) is 0 Å². The van der Waals surface area contributed by atoms with Crippen LogP contribution in [0.4, 0.5) is 5.82 Å². The minimum Gasteiger partial charge on any atom is -0.382 e. The van der Waals surface area contributed by atoms with Gasteiger partial charge in [0.2, 0.25) is 0 Å². The molecule has 0 aromatic carbocycles. The molecule has 0 spiro atoms. The Bertz CT molecular complexity index is 411. The summed E-state index contributed by atoms with van der Waals surface area (Å²) in [6, 6.07) is 0. The van der Waals surface area contributed by atoms with Crippen LogP contribution in [0.3, 0.4) is 0 Å². The molecule has 0 unspecified atom stereocenters. The van der Waals surface area contributed by atoms with Crippen molar-refractivity contribution in [2.45, 2.75) is 0 Å². The summed E-state index contributed by atoms with van der Waals surface area (Å²) in [4.78, 5) is 12.2. The Hall–Kier alpha value is -1.01. The van der Waals surface area contributed by atoms with Gasteiger partial charge in [-0.15, -0.1) is 11.3 Å². The highest BCUT2D eigenvalue weighted by Crippen LogP contribution is 2.26. The number of nitrogens with zero attached hydrogens (tertiary/aromatic N) is 3. The molecule has 0 atom stereocenters. The van der Waals surface area contributed by atoms with Gasteiger partial charge in [-0.05, 0) is 15.9 Å². The molecule has 0 fully saturated rings. The van der Waals surface area contributed by atoms with E-state index in [1.165, 1.54) is 17.5 Å². The summed E-state index contributed by atoms with van der Waals surface area (Å²) in [5.74, 6) is 0.416. The minimum absolute atomic E-state index is 0.416. The average molecular weight is 257 g/mol. The van der Waals surface area contributed by atoms with Crippen LogP contribution in [0.15, 0.2) is 22.4 Å². The standard InChI is InChI=1S/C7H5BrN4S/c8-5-2-12-7(13-5)4-1-11-6(9)3-10-4/h1-3H,(H2,9,11). The highest BCUT2D eigenvalue weighted by atomic mass is 79.9. The molecule has 0 aliphatic rings. The number of nitrogens with two attached hydrogens (primary N) is 1. The van der Waals surface area contributed by atoms with Crippen LogP contribution >= 0.6 is 27.3 Å². The van der Waals surface area contributed by atoms with Crippen molar-refractivity contribution in [2.75, 3.05) is 5.73 Å². The Morgan fingerprint density at radius 1 is 1.15 bits per heavy atom. The molecule has 4 nitrogen and oxygen atoms in total. The predicted octanol–water partition coefficient (Wildman–Crippen LogP) is 1.94. The normalized spacial score (nSPS) is 10.2. The molecule has 2 N–H and O–H groups in total. The monoisotopic (exact) mass is 256 g/mol. The van der Waals surface area contributed by atoms with E-state index in [2.05, 4.69) is 30.9 Å². The van der Waals surface area contributed by atoms with Gasteiger partial charge in [-0.3, -0.25) is 0 Å². The number of nitrogen functional groups attached to an aromatic ring is 1. The third kappa shape index (κ3) is 1.84. The molecule has 0 radical (unpaired) electrons. The quantitative estimate of drug-likeness (QED) is 0.847. The number of anilines is 1. The largest absolute Gasteiger partial charge is 0.382 e. The molecule has 0 aliphatic heterocycles. The molecule has 6 heteroatoms. The Kier molecular flexibility index (Phi) is 2.24. The number of hydrogen-bond donors (Lipinski definition) is 1. The van der Waals surface area contributed by atoms with Crippen LogP contribution < -0.4 is 5.73 Å². The Labute approximate surface area is 87.0 Å². The lowest BCUT2D eigenvalue weighted by molar-refractivity contribution is 1.20. The van der Waals surface area contributed by atoms with Crippen LogP contribution in [0.1, 0.15) is 0 Å². The summed E-state index contributed by atoms with van der Waals surface area (Å²) < 4.78 is 0.973. The number of hydrogen-bond acceptors (Lipinski definition) is 5. The zero-order valence-electron chi connectivity index (χ0n) is 6.44. The van der Waals surface area contributed by atoms with Crippen LogP contribution in [0.2, 0.25) is 0 Å². The molecule has 13 heavy (non-hydrogen) atoms. The summed E-state index contributed by atoms with van der Waals surface area (Å²) >= 11 is 4.84. The summed E-state index contributed by atoms with van der Waals surface area (Å²) in [6.07, 6.45) is 4.86. The molecular weight excluding hydrogens is 252 g/mol. The van der Waals surface area contributed by atoms with E-state index in [1.54, 1.807) is 12.4 Å². The molecule has 2 rings (SSSR count). The lowest BCUT2D eigenvalue weighted by atomic mass is 10.5. The predicted molar refractivity (Wildman–Crippen MR) is 55.3 cm³/mol. The third-order valence-corrected chi connectivity index (χ3v) is 2.87. The minimum atomic E-state index is 0.416. The van der Waals surface area contributed by atoms with E-state index < -0.39 is 0 Å². The molecule has 2 aromatic rings. The first-order valence-electron chi connectivity index (χ1n) is 3.45. The van der Waals surface area contributed by atoms with Crippen molar-refractivity contribution in [3.05, 3.63) is 22.4 Å². The van der Waals surface area contributed by atoms with Gasteiger partial charge in [-0.2, -0.15) is 0 Å². The van der Waals surface area contributed by atoms with E-state index in [0.29, 0.717) is 5.82 Å². The van der Waals surface area contributed by atoms with Gasteiger partial charge in [0.1, 0.15) is 16.5 Å². The number of thiazole rings is 1. The van der Waals surface area contributed by atoms with E-state index in [-0.39, 0.29) is 0 Å². The summed E-state index contributed by atoms with van der Waals surface area (Å²) in [6.45, 7) is 0. The van der Waals surface area contributed by atoms with Gasteiger partial charge >= 0.3 is 0 Å². The van der Waals surface area contributed by atoms with Crippen molar-refractivity contribution in [3.63, 3.8) is 0 Å². The summed E-state index contributed by atoms with van der Waals surface area (Å²) in [5, 5.41) is 0.833. The first-order chi connectivity index (χ1) is 6.25. The van der Waals surface area contributed by atoms with E-state index >= 15 is 0 Å². The van der Waals surface area contributed by atoms with Crippen molar-refractivity contribution in [2.24, 2.45) is 0 Å². The smallest absolute Gasteiger partial charge is 0.144 e. The number of halogens is 1. The summed E-state index contributed by atoms with van der Waals surface area (Å²) in [7, 11) is 0. The van der Waals surface area contributed by atoms with Gasteiger partial charge in [-0.1, -0.05) is 0 Å². The van der Waals surface area contributed by atoms with Gasteiger partial charge in [0.15, 0.2) is 0 Å². The maximum atomic E-state index is 5.41. The number of rotatable bonds is 1. The van der Waals surface area contributed by atoms with Crippen molar-refractivity contribution < 1.29 is 0 Å². The second-order valence-electron chi connectivity index (χ2n) is 2.30. The molecule has 0 aliphatic carbocycles. The van der Waals surface area contributed by atoms with Gasteiger partial charge in [-0.25, -0.2) is 15.0 Å². The van der Waals surface area contributed by atoms with Gasteiger partial charge in [0.05, 0.1) is 22.4 Å². The molecule has 0 saturated heterocycles. The van der Waals surface area contributed by atoms with Crippen molar-refractivity contribution in [1.29, 1.82) is 0 Å². The maximum absolute atomic E-state index is 5.41. The molecular formula is C7H5BrN4S. The van der Waals surface area contributed by atoms with Crippen LogP contribution in [-0.4, -0.2) is 15.0 Å². The van der Waals surface area contributed by atoms with Crippen molar-refractivity contribution >= 4 is 33.1 Å². The van der Waals surface area contributed by atoms with Gasteiger partial charge < -0.3 is 5.73 Å². The Morgan fingerprint density at radius 2 is 2.00 bits per heavy atom. The lowest BCUT2D eigenvalue weighted by Crippen LogP contribution is -1.91. The van der Waals surface area contributed by atoms with E-state index in [9.17, 15) is 0 Å². The van der Waals surface area contributed by atoms with Crippen LogP contribution in [0, 0.1) is 0 Å². The fourth-order valence-corrected chi connectivity index (χ4v) is 1.99. The Morgan fingerprint density at radius 3 is 2.54 bits per heavy atom. The second kappa shape index (κ2) is 3.39. The zero-order chi connectivity index (χ0) is 9.26. The van der Waals surface area contributed by atoms with E-state index in [1.807, 2.05) is 0 Å². The molecule has 0 saturated carbocycles. The SMILES string of the molecule is Nc1cnc(-c2ncc(Br)s2)cn1. The van der Waals surface area contributed by atoms with Crippen molar-refractivity contribution in [1.82, 2.24) is 15.0 Å². The lowest BCUT2D eigenvalue weighted by Gasteiger charge is -1.93. The van der Waals surface area contributed by atoms with E-state index in [0.717, 1.165) is 14.5 Å². The van der Waals surface area contributed by atoms with Gasteiger partial charge in [0.25, 0.3) is 0 Å². The number of aromatic nitrogens is 3. The topological polar surface area (TPSA) is 64.7 Å². The van der Waals surface area contributed by atoms with Gasteiger partial charge in [0, 0.05) is 0 Å². The molecule has 2 aromatic heterocycles. The zero-order valence-corrected chi connectivity index (χ0v) is 8.84. The second-order valence-corrected chi connectivity index (χ2v) is 4.71. The molecule has 0 bridgehead atoms. The van der Waals surface area contributed by atoms with Crippen molar-refractivity contribution in [3.8, 4) is 10.7 Å². The Balaban J connectivity index is 2.41. The van der Waals surface area contributed by atoms with E-state index in [4.69, 9.17) is 5.73 Å². The first-order valence-corrected chi connectivity index (χ1v) is 5.06. The molecule has 0 amide bonds. The fraction of sp³-hybridized carbons (Fsp3) is 0. The maximum Gasteiger partial charge on any atom is 0.144 e.